The Hall–Kier alpha value is -2.23. The van der Waals surface area contributed by atoms with Crippen LogP contribution in [0.2, 0.25) is 0 Å². The molecule has 9 heteroatoms. The molecular formula is C19H21N3O4S2. The van der Waals surface area contributed by atoms with E-state index in [1.165, 1.54) is 15.6 Å². The minimum atomic E-state index is -3.49. The average Bonchev–Trinajstić information content (AvgIpc) is 3.39. The molecule has 7 nitrogen and oxygen atoms in total. The molecule has 2 amide bonds. The molecule has 28 heavy (non-hydrogen) atoms. The Kier molecular flexibility index (Phi) is 5.22. The predicted octanol–water partition coefficient (Wildman–Crippen LogP) is 1.63. The highest BCUT2D eigenvalue weighted by atomic mass is 32.2. The van der Waals surface area contributed by atoms with Gasteiger partial charge in [-0.05, 0) is 23.6 Å². The van der Waals surface area contributed by atoms with E-state index in [-0.39, 0.29) is 37.2 Å². The zero-order valence-electron chi connectivity index (χ0n) is 15.2. The van der Waals surface area contributed by atoms with Crippen LogP contribution in [-0.4, -0.2) is 62.2 Å². The largest absolute Gasteiger partial charge is 0.340 e. The Labute approximate surface area is 168 Å². The summed E-state index contributed by atoms with van der Waals surface area (Å²) in [4.78, 5) is 28.6. The zero-order valence-corrected chi connectivity index (χ0v) is 16.9. The number of carbonyl (C=O) groups is 2. The van der Waals surface area contributed by atoms with Gasteiger partial charge in [0.15, 0.2) is 0 Å². The third kappa shape index (κ3) is 3.57. The van der Waals surface area contributed by atoms with Crippen LogP contribution in [0.1, 0.15) is 6.42 Å². The molecule has 2 aromatic rings. The van der Waals surface area contributed by atoms with Crippen molar-refractivity contribution in [2.45, 2.75) is 10.6 Å². The zero-order chi connectivity index (χ0) is 19.7. The van der Waals surface area contributed by atoms with Gasteiger partial charge in [0.25, 0.3) is 10.0 Å². The fourth-order valence-electron chi connectivity index (χ4n) is 3.68. The van der Waals surface area contributed by atoms with Crippen molar-refractivity contribution in [2.75, 3.05) is 37.6 Å². The van der Waals surface area contributed by atoms with E-state index in [0.717, 1.165) is 5.69 Å². The molecular weight excluding hydrogens is 398 g/mol. The molecule has 0 N–H and O–H groups in total. The summed E-state index contributed by atoms with van der Waals surface area (Å²) in [6.45, 7) is 1.61. The number of amides is 2. The molecule has 1 atom stereocenters. The molecule has 1 aromatic heterocycles. The maximum absolute atomic E-state index is 12.9. The number of hydrogen-bond donors (Lipinski definition) is 0. The van der Waals surface area contributed by atoms with Crippen molar-refractivity contribution < 1.29 is 18.0 Å². The summed E-state index contributed by atoms with van der Waals surface area (Å²) in [6, 6.07) is 12.6. The number of carbonyl (C=O) groups excluding carboxylic acids is 2. The molecule has 2 aliphatic rings. The number of sulfonamides is 1. The fraction of sp³-hybridized carbons (Fsp3) is 0.368. The summed E-state index contributed by atoms with van der Waals surface area (Å²) in [5.41, 5.74) is 0.801. The lowest BCUT2D eigenvalue weighted by Gasteiger charge is -2.34. The van der Waals surface area contributed by atoms with Gasteiger partial charge in [-0.25, -0.2) is 8.42 Å². The van der Waals surface area contributed by atoms with Crippen LogP contribution in [0.5, 0.6) is 0 Å². The van der Waals surface area contributed by atoms with Crippen LogP contribution in [0.4, 0.5) is 5.69 Å². The molecule has 2 aliphatic heterocycles. The predicted molar refractivity (Wildman–Crippen MR) is 107 cm³/mol. The Bertz CT molecular complexity index is 952. The van der Waals surface area contributed by atoms with Gasteiger partial charge in [0.05, 0.1) is 5.92 Å². The van der Waals surface area contributed by atoms with Crippen LogP contribution < -0.4 is 4.90 Å². The van der Waals surface area contributed by atoms with E-state index >= 15 is 0 Å². The molecule has 3 heterocycles. The minimum absolute atomic E-state index is 0.0524. The maximum Gasteiger partial charge on any atom is 0.252 e. The van der Waals surface area contributed by atoms with Gasteiger partial charge in [0, 0.05) is 44.8 Å². The molecule has 0 bridgehead atoms. The average molecular weight is 420 g/mol. The van der Waals surface area contributed by atoms with Gasteiger partial charge in [0.1, 0.15) is 4.21 Å². The first-order valence-corrected chi connectivity index (χ1v) is 11.5. The summed E-state index contributed by atoms with van der Waals surface area (Å²) in [5.74, 6) is -0.503. The van der Waals surface area contributed by atoms with Gasteiger partial charge in [-0.2, -0.15) is 4.31 Å². The molecule has 1 unspecified atom stereocenters. The summed E-state index contributed by atoms with van der Waals surface area (Å²) >= 11 is 1.20. The number of hydrogen-bond acceptors (Lipinski definition) is 5. The van der Waals surface area contributed by atoms with E-state index in [1.54, 1.807) is 27.3 Å². The first kappa shape index (κ1) is 19.1. The first-order chi connectivity index (χ1) is 13.5. The van der Waals surface area contributed by atoms with Crippen LogP contribution in [0.15, 0.2) is 52.1 Å². The molecule has 4 rings (SSSR count). The summed E-state index contributed by atoms with van der Waals surface area (Å²) < 4.78 is 27.0. The van der Waals surface area contributed by atoms with E-state index in [0.29, 0.717) is 23.8 Å². The molecule has 0 aliphatic carbocycles. The van der Waals surface area contributed by atoms with E-state index in [9.17, 15) is 18.0 Å². The lowest BCUT2D eigenvalue weighted by molar-refractivity contribution is -0.136. The normalized spacial score (nSPS) is 21.3. The second kappa shape index (κ2) is 7.65. The monoisotopic (exact) mass is 419 g/mol. The van der Waals surface area contributed by atoms with Crippen molar-refractivity contribution in [2.24, 2.45) is 5.92 Å². The van der Waals surface area contributed by atoms with E-state index in [2.05, 4.69) is 0 Å². The van der Waals surface area contributed by atoms with Gasteiger partial charge in [-0.3, -0.25) is 9.59 Å². The van der Waals surface area contributed by atoms with Crippen molar-refractivity contribution in [3.8, 4) is 0 Å². The highest BCUT2D eigenvalue weighted by molar-refractivity contribution is 7.91. The van der Waals surface area contributed by atoms with Gasteiger partial charge in [-0.15, -0.1) is 11.3 Å². The Morgan fingerprint density at radius 1 is 1.00 bits per heavy atom. The summed E-state index contributed by atoms with van der Waals surface area (Å²) in [7, 11) is -3.49. The van der Waals surface area contributed by atoms with Crippen molar-refractivity contribution in [1.82, 2.24) is 9.21 Å². The van der Waals surface area contributed by atoms with E-state index in [1.807, 2.05) is 30.3 Å². The highest BCUT2D eigenvalue weighted by Gasteiger charge is 2.39. The summed E-state index contributed by atoms with van der Waals surface area (Å²) in [6.07, 6.45) is 0.196. The van der Waals surface area contributed by atoms with E-state index in [4.69, 9.17) is 0 Å². The third-order valence-corrected chi connectivity index (χ3v) is 8.45. The highest BCUT2D eigenvalue weighted by Crippen LogP contribution is 2.27. The topological polar surface area (TPSA) is 78.0 Å². The quantitative estimate of drug-likeness (QED) is 0.755. The minimum Gasteiger partial charge on any atom is -0.340 e. The molecule has 1 aromatic carbocycles. The second-order valence-corrected chi connectivity index (χ2v) is 10.0. The van der Waals surface area contributed by atoms with Crippen LogP contribution in [0, 0.1) is 5.92 Å². The molecule has 148 valence electrons. The molecule has 2 saturated heterocycles. The number of para-hydroxylation sites is 1. The molecule has 0 spiro atoms. The van der Waals surface area contributed by atoms with Crippen LogP contribution in [0.25, 0.3) is 0 Å². The van der Waals surface area contributed by atoms with Gasteiger partial charge >= 0.3 is 0 Å². The summed E-state index contributed by atoms with van der Waals surface area (Å²) in [5, 5.41) is 1.74. The van der Waals surface area contributed by atoms with Crippen molar-refractivity contribution >= 4 is 38.9 Å². The van der Waals surface area contributed by atoms with Crippen LogP contribution >= 0.6 is 11.3 Å². The smallest absolute Gasteiger partial charge is 0.252 e. The number of benzene rings is 1. The van der Waals surface area contributed by atoms with Crippen LogP contribution in [0.3, 0.4) is 0 Å². The van der Waals surface area contributed by atoms with Crippen molar-refractivity contribution in [3.05, 3.63) is 47.8 Å². The number of piperazine rings is 1. The standard InChI is InChI=1S/C19H21N3O4S2/c23-17-13-15(14-22(17)16-5-2-1-3-6-16)19(24)20-8-10-21(11-9-20)28(25,26)18-7-4-12-27-18/h1-7,12,15H,8-11,13-14H2. The maximum atomic E-state index is 12.9. The first-order valence-electron chi connectivity index (χ1n) is 9.14. The van der Waals surface area contributed by atoms with Crippen LogP contribution in [-0.2, 0) is 19.6 Å². The van der Waals surface area contributed by atoms with E-state index < -0.39 is 10.0 Å². The molecule has 2 fully saturated rings. The Morgan fingerprint density at radius 3 is 2.36 bits per heavy atom. The van der Waals surface area contributed by atoms with Crippen molar-refractivity contribution in [1.29, 1.82) is 0 Å². The second-order valence-electron chi connectivity index (χ2n) is 6.90. The number of thiophene rings is 1. The van der Waals surface area contributed by atoms with Crippen molar-refractivity contribution in [3.63, 3.8) is 0 Å². The Morgan fingerprint density at radius 2 is 1.71 bits per heavy atom. The Balaban J connectivity index is 1.38. The van der Waals surface area contributed by atoms with Gasteiger partial charge < -0.3 is 9.80 Å². The lowest BCUT2D eigenvalue weighted by Crippen LogP contribution is -2.52. The van der Waals surface area contributed by atoms with Gasteiger partial charge in [-0.1, -0.05) is 24.3 Å². The number of rotatable bonds is 4. The third-order valence-electron chi connectivity index (χ3n) is 5.18. The fourth-order valence-corrected chi connectivity index (χ4v) is 6.24. The number of nitrogens with zero attached hydrogens (tertiary/aromatic N) is 3. The molecule has 0 saturated carbocycles. The SMILES string of the molecule is O=C(C1CC(=O)N(c2ccccc2)C1)N1CCN(S(=O)(=O)c2cccs2)CC1. The lowest BCUT2D eigenvalue weighted by atomic mass is 10.1. The number of anilines is 1. The molecule has 0 radical (unpaired) electrons. The van der Waals surface area contributed by atoms with Gasteiger partial charge in [0.2, 0.25) is 11.8 Å².